The first-order chi connectivity index (χ1) is 18.0. The minimum absolute atomic E-state index is 0.00676. The van der Waals surface area contributed by atoms with Crippen LogP contribution >= 0.6 is 23.2 Å². The summed E-state index contributed by atoms with van der Waals surface area (Å²) in [5.41, 5.74) is 0.778. The maximum absolute atomic E-state index is 13.1. The van der Waals surface area contributed by atoms with E-state index in [0.29, 0.717) is 39.4 Å². The van der Waals surface area contributed by atoms with Crippen LogP contribution in [0, 0.1) is 6.92 Å². The lowest BCUT2D eigenvalue weighted by atomic mass is 10.0. The van der Waals surface area contributed by atoms with Crippen LogP contribution in [0.5, 0.6) is 11.5 Å². The molecule has 0 atom stereocenters. The fourth-order valence-electron chi connectivity index (χ4n) is 3.72. The van der Waals surface area contributed by atoms with Crippen LogP contribution in [0.15, 0.2) is 75.8 Å². The van der Waals surface area contributed by atoms with E-state index < -0.39 is 21.8 Å². The number of aromatic hydroxyl groups is 1. The first kappa shape index (κ1) is 27.3. The average molecular weight is 574 g/mol. The number of hydrogen-bond acceptors (Lipinski definition) is 7. The van der Waals surface area contributed by atoms with Crippen LogP contribution in [0.25, 0.3) is 10.8 Å². The second kappa shape index (κ2) is 11.0. The van der Waals surface area contributed by atoms with Gasteiger partial charge in [0.15, 0.2) is 5.75 Å². The summed E-state index contributed by atoms with van der Waals surface area (Å²) < 4.78 is 37.7. The Bertz CT molecular complexity index is 1680. The largest absolute Gasteiger partial charge is 0.505 e. The molecular formula is C26H21Cl2N3O6S. The van der Waals surface area contributed by atoms with Gasteiger partial charge in [0.2, 0.25) is 0 Å². The molecule has 0 spiro atoms. The Balaban J connectivity index is 1.75. The number of anilines is 1. The number of amides is 1. The van der Waals surface area contributed by atoms with Crippen molar-refractivity contribution in [1.29, 1.82) is 0 Å². The Hall–Kier alpha value is -3.70. The number of fused-ring (bicyclic) bond motifs is 1. The molecular weight excluding hydrogens is 553 g/mol. The molecule has 0 aliphatic rings. The highest BCUT2D eigenvalue weighted by Gasteiger charge is 2.20. The number of hydrogen-bond donors (Lipinski definition) is 3. The van der Waals surface area contributed by atoms with Crippen molar-refractivity contribution in [2.24, 2.45) is 10.2 Å². The number of rotatable bonds is 7. The van der Waals surface area contributed by atoms with Gasteiger partial charge in [0.25, 0.3) is 16.0 Å². The van der Waals surface area contributed by atoms with Crippen molar-refractivity contribution in [1.82, 2.24) is 0 Å². The van der Waals surface area contributed by atoms with E-state index in [9.17, 15) is 22.9 Å². The molecule has 12 heteroatoms. The monoisotopic (exact) mass is 573 g/mol. The lowest BCUT2D eigenvalue weighted by molar-refractivity contribution is 0.102. The fourth-order valence-corrected chi connectivity index (χ4v) is 4.92. The van der Waals surface area contributed by atoms with Crippen LogP contribution < -0.4 is 10.1 Å². The van der Waals surface area contributed by atoms with Crippen molar-refractivity contribution >= 4 is 67.1 Å². The summed E-state index contributed by atoms with van der Waals surface area (Å²) >= 11 is 12.4. The highest BCUT2D eigenvalue weighted by Crippen LogP contribution is 2.41. The zero-order valence-electron chi connectivity index (χ0n) is 20.1. The van der Waals surface area contributed by atoms with Gasteiger partial charge in [0.1, 0.15) is 17.1 Å². The highest BCUT2D eigenvalue weighted by atomic mass is 35.5. The van der Waals surface area contributed by atoms with E-state index in [1.807, 2.05) is 6.92 Å². The summed E-state index contributed by atoms with van der Waals surface area (Å²) in [6.07, 6.45) is 0. The molecule has 38 heavy (non-hydrogen) atoms. The number of nitrogens with one attached hydrogen (secondary N) is 1. The number of carbonyl (C=O) groups is 1. The summed E-state index contributed by atoms with van der Waals surface area (Å²) in [5, 5.41) is 23.4. The van der Waals surface area contributed by atoms with Gasteiger partial charge in [-0.1, -0.05) is 47.5 Å². The minimum atomic E-state index is -4.47. The van der Waals surface area contributed by atoms with Crippen LogP contribution in [-0.2, 0) is 10.1 Å². The molecule has 0 bridgehead atoms. The Morgan fingerprint density at radius 2 is 1.71 bits per heavy atom. The van der Waals surface area contributed by atoms with Gasteiger partial charge >= 0.3 is 0 Å². The van der Waals surface area contributed by atoms with Gasteiger partial charge in [0.05, 0.1) is 27.1 Å². The summed E-state index contributed by atoms with van der Waals surface area (Å²) in [5.74, 6) is -0.566. The van der Waals surface area contributed by atoms with Crippen LogP contribution in [0.3, 0.4) is 0 Å². The zero-order valence-corrected chi connectivity index (χ0v) is 22.4. The fraction of sp³-hybridized carbons (Fsp3) is 0.115. The summed E-state index contributed by atoms with van der Waals surface area (Å²) in [6.45, 7) is 3.80. The van der Waals surface area contributed by atoms with E-state index in [4.69, 9.17) is 27.9 Å². The molecule has 3 N–H and O–H groups in total. The normalized spacial score (nSPS) is 11.7. The standard InChI is InChI=1S/C26H21Cl2N3O6S/c1-3-37-22-9-8-16(12-20(22)27)29-26(33)19-11-15-6-4-5-7-18(15)24(25(19)32)31-30-23-14(2)10-17(13-21(23)28)38(34,35)36/h4-13,32H,3H2,1-2H3,(H,29,33)(H,34,35,36). The van der Waals surface area contributed by atoms with E-state index in [0.717, 1.165) is 6.07 Å². The number of ether oxygens (including phenoxy) is 1. The zero-order chi connectivity index (χ0) is 27.6. The van der Waals surface area contributed by atoms with Crippen LogP contribution in [0.1, 0.15) is 22.8 Å². The van der Waals surface area contributed by atoms with Crippen molar-refractivity contribution in [3.8, 4) is 11.5 Å². The van der Waals surface area contributed by atoms with Crippen molar-refractivity contribution in [2.75, 3.05) is 11.9 Å². The van der Waals surface area contributed by atoms with Gasteiger partial charge in [0, 0.05) is 11.1 Å². The topological polar surface area (TPSA) is 138 Å². The number of carbonyl (C=O) groups excluding carboxylic acids is 1. The molecule has 9 nitrogen and oxygen atoms in total. The molecule has 1 amide bonds. The third-order valence-electron chi connectivity index (χ3n) is 5.50. The average Bonchev–Trinajstić information content (AvgIpc) is 2.85. The van der Waals surface area contributed by atoms with Crippen molar-refractivity contribution in [3.05, 3.63) is 81.8 Å². The molecule has 0 aliphatic carbocycles. The Kier molecular flexibility index (Phi) is 7.89. The lowest BCUT2D eigenvalue weighted by Crippen LogP contribution is -2.12. The number of benzene rings is 4. The summed E-state index contributed by atoms with van der Waals surface area (Å²) in [6, 6.07) is 15.5. The SMILES string of the molecule is CCOc1ccc(NC(=O)c2cc3ccccc3c(N=Nc3c(C)cc(S(=O)(=O)O)cc3Cl)c2O)cc1Cl. The number of aryl methyl sites for hydroxylation is 1. The molecule has 0 saturated heterocycles. The number of halogens is 2. The van der Waals surface area contributed by atoms with E-state index in [1.54, 1.807) is 43.3 Å². The van der Waals surface area contributed by atoms with Gasteiger partial charge in [-0.25, -0.2) is 0 Å². The smallest absolute Gasteiger partial charge is 0.294 e. The van der Waals surface area contributed by atoms with Crippen LogP contribution in [0.2, 0.25) is 10.0 Å². The second-order valence-electron chi connectivity index (χ2n) is 8.12. The van der Waals surface area contributed by atoms with Crippen molar-refractivity contribution < 1.29 is 27.6 Å². The summed E-state index contributed by atoms with van der Waals surface area (Å²) in [4.78, 5) is 12.8. The molecule has 0 saturated carbocycles. The maximum atomic E-state index is 13.1. The molecule has 0 radical (unpaired) electrons. The van der Waals surface area contributed by atoms with Gasteiger partial charge in [-0.3, -0.25) is 9.35 Å². The van der Waals surface area contributed by atoms with Gasteiger partial charge in [-0.15, -0.1) is 10.2 Å². The van der Waals surface area contributed by atoms with Gasteiger partial charge in [-0.2, -0.15) is 8.42 Å². The van der Waals surface area contributed by atoms with Crippen molar-refractivity contribution in [3.63, 3.8) is 0 Å². The third kappa shape index (κ3) is 5.73. The van der Waals surface area contributed by atoms with E-state index in [1.165, 1.54) is 18.2 Å². The van der Waals surface area contributed by atoms with E-state index in [-0.39, 0.29) is 26.9 Å². The molecule has 4 rings (SSSR count). The predicted octanol–water partition coefficient (Wildman–Crippen LogP) is 7.47. The Morgan fingerprint density at radius 1 is 1.00 bits per heavy atom. The Morgan fingerprint density at radius 3 is 2.37 bits per heavy atom. The Labute approximate surface area is 228 Å². The predicted molar refractivity (Wildman–Crippen MR) is 146 cm³/mol. The van der Waals surface area contributed by atoms with Crippen molar-refractivity contribution in [2.45, 2.75) is 18.7 Å². The van der Waals surface area contributed by atoms with E-state index in [2.05, 4.69) is 15.5 Å². The first-order valence-corrected chi connectivity index (χ1v) is 13.4. The third-order valence-corrected chi connectivity index (χ3v) is 6.92. The second-order valence-corrected chi connectivity index (χ2v) is 10.4. The van der Waals surface area contributed by atoms with Crippen LogP contribution in [-0.4, -0.2) is 30.6 Å². The first-order valence-electron chi connectivity index (χ1n) is 11.2. The molecule has 0 aromatic heterocycles. The number of phenolic OH excluding ortho intramolecular Hbond substituents is 1. The number of phenols is 1. The van der Waals surface area contributed by atoms with Gasteiger partial charge < -0.3 is 15.2 Å². The molecule has 4 aromatic carbocycles. The molecule has 0 fully saturated rings. The molecule has 196 valence electrons. The molecule has 0 aliphatic heterocycles. The van der Waals surface area contributed by atoms with Crippen LogP contribution in [0.4, 0.5) is 17.1 Å². The highest BCUT2D eigenvalue weighted by molar-refractivity contribution is 7.85. The number of azo groups is 1. The quantitative estimate of drug-likeness (QED) is 0.155. The lowest BCUT2D eigenvalue weighted by Gasteiger charge is -2.12. The summed E-state index contributed by atoms with van der Waals surface area (Å²) in [7, 11) is -4.47. The van der Waals surface area contributed by atoms with Gasteiger partial charge in [-0.05, 0) is 61.2 Å². The minimum Gasteiger partial charge on any atom is -0.505 e. The maximum Gasteiger partial charge on any atom is 0.294 e. The van der Waals surface area contributed by atoms with E-state index >= 15 is 0 Å². The molecule has 4 aromatic rings. The molecule has 0 heterocycles. The number of nitrogens with zero attached hydrogens (tertiary/aromatic N) is 2. The molecule has 0 unspecified atom stereocenters.